The molecule has 2 aliphatic rings. The molecular formula is C24H28N4O3. The first-order chi connectivity index (χ1) is 15.1. The second-order valence-electron chi connectivity index (χ2n) is 8.13. The Kier molecular flexibility index (Phi) is 6.60. The van der Waals surface area contributed by atoms with E-state index in [1.54, 1.807) is 29.4 Å². The van der Waals surface area contributed by atoms with Crippen molar-refractivity contribution in [2.24, 2.45) is 5.92 Å². The fourth-order valence-electron chi connectivity index (χ4n) is 4.40. The molecule has 0 spiro atoms. The van der Waals surface area contributed by atoms with Crippen LogP contribution in [0.1, 0.15) is 41.6 Å². The highest BCUT2D eigenvalue weighted by molar-refractivity contribution is 5.97. The van der Waals surface area contributed by atoms with E-state index in [0.29, 0.717) is 51.0 Å². The minimum Gasteiger partial charge on any atom is -0.356 e. The van der Waals surface area contributed by atoms with Gasteiger partial charge >= 0.3 is 0 Å². The van der Waals surface area contributed by atoms with E-state index in [1.165, 1.54) is 5.56 Å². The Bertz CT molecular complexity index is 947. The number of hydrogen-bond acceptors (Lipinski definition) is 4. The minimum absolute atomic E-state index is 0.0939. The number of benzene rings is 1. The van der Waals surface area contributed by atoms with Gasteiger partial charge in [0.05, 0.1) is 5.56 Å². The molecule has 1 unspecified atom stereocenters. The molecule has 162 valence electrons. The smallest absolute Gasteiger partial charge is 0.255 e. The highest BCUT2D eigenvalue weighted by atomic mass is 16.2. The number of pyridine rings is 1. The van der Waals surface area contributed by atoms with Crippen LogP contribution in [0.2, 0.25) is 0 Å². The third-order valence-electron chi connectivity index (χ3n) is 6.10. The Labute approximate surface area is 182 Å². The van der Waals surface area contributed by atoms with Crippen molar-refractivity contribution in [3.63, 3.8) is 0 Å². The highest BCUT2D eigenvalue weighted by Gasteiger charge is 2.30. The summed E-state index contributed by atoms with van der Waals surface area (Å²) in [7, 11) is 0. The van der Waals surface area contributed by atoms with Gasteiger partial charge in [-0.1, -0.05) is 18.2 Å². The van der Waals surface area contributed by atoms with Crippen LogP contribution < -0.4 is 10.2 Å². The van der Waals surface area contributed by atoms with Crippen molar-refractivity contribution in [1.29, 1.82) is 0 Å². The van der Waals surface area contributed by atoms with Crippen LogP contribution in [0.15, 0.2) is 48.8 Å². The lowest BCUT2D eigenvalue weighted by Crippen LogP contribution is -2.37. The first-order valence-electron chi connectivity index (χ1n) is 11.0. The average molecular weight is 421 g/mol. The number of para-hydroxylation sites is 1. The number of carbonyl (C=O) groups excluding carboxylic acids is 3. The molecule has 1 atom stereocenters. The van der Waals surface area contributed by atoms with Crippen LogP contribution in [0.3, 0.4) is 0 Å². The maximum absolute atomic E-state index is 13.4. The number of hydrogen-bond donors (Lipinski definition) is 1. The fourth-order valence-corrected chi connectivity index (χ4v) is 4.40. The Hall–Kier alpha value is -3.22. The third-order valence-corrected chi connectivity index (χ3v) is 6.10. The number of nitrogens with one attached hydrogen (secondary N) is 1. The van der Waals surface area contributed by atoms with Crippen LogP contribution in [0, 0.1) is 5.92 Å². The van der Waals surface area contributed by atoms with E-state index in [-0.39, 0.29) is 30.1 Å². The van der Waals surface area contributed by atoms with Crippen LogP contribution in [0.4, 0.5) is 5.69 Å². The quantitative estimate of drug-likeness (QED) is 0.809. The lowest BCUT2D eigenvalue weighted by atomic mass is 9.97. The highest BCUT2D eigenvalue weighted by Crippen LogP contribution is 2.30. The monoisotopic (exact) mass is 420 g/mol. The molecule has 2 aliphatic heterocycles. The van der Waals surface area contributed by atoms with Gasteiger partial charge in [0.1, 0.15) is 0 Å². The molecule has 4 rings (SSSR count). The summed E-state index contributed by atoms with van der Waals surface area (Å²) in [6, 6.07) is 11.5. The molecule has 7 nitrogen and oxygen atoms in total. The molecule has 1 fully saturated rings. The second-order valence-corrected chi connectivity index (χ2v) is 8.13. The number of fused-ring (bicyclic) bond motifs is 1. The first-order valence-corrected chi connectivity index (χ1v) is 11.0. The van der Waals surface area contributed by atoms with Gasteiger partial charge in [-0.25, -0.2) is 0 Å². The van der Waals surface area contributed by atoms with Crippen molar-refractivity contribution in [2.75, 3.05) is 31.1 Å². The number of aromatic nitrogens is 1. The van der Waals surface area contributed by atoms with Gasteiger partial charge in [-0.2, -0.15) is 0 Å². The van der Waals surface area contributed by atoms with Crippen LogP contribution in [0.25, 0.3) is 0 Å². The molecule has 0 aliphatic carbocycles. The van der Waals surface area contributed by atoms with E-state index in [1.807, 2.05) is 23.1 Å². The second kappa shape index (κ2) is 9.73. The van der Waals surface area contributed by atoms with Gasteiger partial charge in [0.25, 0.3) is 5.91 Å². The summed E-state index contributed by atoms with van der Waals surface area (Å²) < 4.78 is 0. The Morgan fingerprint density at radius 2 is 1.87 bits per heavy atom. The molecule has 31 heavy (non-hydrogen) atoms. The zero-order valence-electron chi connectivity index (χ0n) is 17.6. The summed E-state index contributed by atoms with van der Waals surface area (Å²) >= 11 is 0. The van der Waals surface area contributed by atoms with E-state index >= 15 is 0 Å². The zero-order chi connectivity index (χ0) is 21.6. The zero-order valence-corrected chi connectivity index (χ0v) is 17.6. The normalized spacial score (nSPS) is 19.9. The number of amides is 3. The van der Waals surface area contributed by atoms with Crippen LogP contribution >= 0.6 is 0 Å². The standard InChI is InChI=1S/C24H28N4O3/c29-22-11-15-27(23(30)20-6-3-12-25-17-20)14-4-7-19(9-13-26-22)24(31)28-16-10-18-5-1-2-8-21(18)28/h1-3,5-6,8,12,17,19H,4,7,9-11,13-16H2,(H,26,29). The summed E-state index contributed by atoms with van der Waals surface area (Å²) in [5, 5.41) is 2.91. The maximum atomic E-state index is 13.4. The summed E-state index contributed by atoms with van der Waals surface area (Å²) in [6.07, 6.45) is 6.31. The summed E-state index contributed by atoms with van der Waals surface area (Å²) in [5.41, 5.74) is 2.72. The summed E-state index contributed by atoms with van der Waals surface area (Å²) in [6.45, 7) is 2.05. The lowest BCUT2D eigenvalue weighted by molar-refractivity contribution is -0.124. The SMILES string of the molecule is O=C1CCN(C(=O)c2cccnc2)CCCC(C(=O)N2CCc3ccccc32)CCN1. The lowest BCUT2D eigenvalue weighted by Gasteiger charge is -2.25. The average Bonchev–Trinajstić information content (AvgIpc) is 3.22. The van der Waals surface area contributed by atoms with E-state index in [0.717, 1.165) is 12.1 Å². The van der Waals surface area contributed by atoms with Crippen molar-refractivity contribution < 1.29 is 14.4 Å². The van der Waals surface area contributed by atoms with Gasteiger partial charge in [-0.15, -0.1) is 0 Å². The van der Waals surface area contributed by atoms with Gasteiger partial charge in [-0.05, 0) is 49.4 Å². The van der Waals surface area contributed by atoms with Crippen molar-refractivity contribution in [1.82, 2.24) is 15.2 Å². The van der Waals surface area contributed by atoms with E-state index < -0.39 is 0 Å². The summed E-state index contributed by atoms with van der Waals surface area (Å²) in [4.78, 5) is 46.1. The molecule has 1 aromatic carbocycles. The van der Waals surface area contributed by atoms with Crippen molar-refractivity contribution >= 4 is 23.4 Å². The maximum Gasteiger partial charge on any atom is 0.255 e. The third kappa shape index (κ3) is 4.93. The molecule has 1 saturated heterocycles. The fraction of sp³-hybridized carbons (Fsp3) is 0.417. The molecule has 2 aromatic rings. The van der Waals surface area contributed by atoms with Crippen molar-refractivity contribution in [3.8, 4) is 0 Å². The van der Waals surface area contributed by atoms with Gasteiger partial charge in [-0.3, -0.25) is 19.4 Å². The molecule has 3 amide bonds. The molecule has 0 saturated carbocycles. The topological polar surface area (TPSA) is 82.6 Å². The molecular weight excluding hydrogens is 392 g/mol. The first kappa shape index (κ1) is 21.0. The Morgan fingerprint density at radius 1 is 1.00 bits per heavy atom. The van der Waals surface area contributed by atoms with E-state index in [4.69, 9.17) is 0 Å². The molecule has 3 heterocycles. The number of nitrogens with zero attached hydrogens (tertiary/aromatic N) is 3. The van der Waals surface area contributed by atoms with Crippen molar-refractivity contribution in [3.05, 3.63) is 59.9 Å². The van der Waals surface area contributed by atoms with Crippen LogP contribution in [0.5, 0.6) is 0 Å². The van der Waals surface area contributed by atoms with Gasteiger partial charge in [0, 0.05) is 56.6 Å². The Balaban J connectivity index is 1.46. The predicted molar refractivity (Wildman–Crippen MR) is 118 cm³/mol. The van der Waals surface area contributed by atoms with Gasteiger partial charge < -0.3 is 15.1 Å². The molecule has 1 aromatic heterocycles. The predicted octanol–water partition coefficient (Wildman–Crippen LogP) is 2.42. The number of carbonyl (C=O) groups is 3. The van der Waals surface area contributed by atoms with Gasteiger partial charge in [0.15, 0.2) is 0 Å². The number of anilines is 1. The largest absolute Gasteiger partial charge is 0.356 e. The molecule has 0 radical (unpaired) electrons. The van der Waals surface area contributed by atoms with Gasteiger partial charge in [0.2, 0.25) is 11.8 Å². The number of rotatable bonds is 2. The van der Waals surface area contributed by atoms with Crippen LogP contribution in [-0.2, 0) is 16.0 Å². The molecule has 7 heteroatoms. The molecule has 0 bridgehead atoms. The van der Waals surface area contributed by atoms with E-state index in [2.05, 4.69) is 16.4 Å². The van der Waals surface area contributed by atoms with E-state index in [9.17, 15) is 14.4 Å². The summed E-state index contributed by atoms with van der Waals surface area (Å²) in [5.74, 6) is -0.288. The van der Waals surface area contributed by atoms with Crippen LogP contribution in [-0.4, -0.2) is 53.8 Å². The minimum atomic E-state index is -0.181. The Morgan fingerprint density at radius 3 is 2.71 bits per heavy atom. The molecule has 1 N–H and O–H groups in total. The van der Waals surface area contributed by atoms with Crippen molar-refractivity contribution in [2.45, 2.75) is 32.1 Å².